The fourth-order valence-electron chi connectivity index (χ4n) is 4.16. The van der Waals surface area contributed by atoms with Gasteiger partial charge >= 0.3 is 0 Å². The number of benzene rings is 2. The lowest BCUT2D eigenvalue weighted by atomic mass is 9.92. The minimum Gasteiger partial charge on any atom is -0.502 e. The molecule has 1 fully saturated rings. The highest BCUT2D eigenvalue weighted by molar-refractivity contribution is 5.44. The number of hydrogen-bond acceptors (Lipinski definition) is 6. The van der Waals surface area contributed by atoms with Gasteiger partial charge in [-0.15, -0.1) is 0 Å². The quantitative estimate of drug-likeness (QED) is 0.317. The summed E-state index contributed by atoms with van der Waals surface area (Å²) in [6.07, 6.45) is 2.67. The zero-order valence-electron chi connectivity index (χ0n) is 21.0. The molecule has 3 atom stereocenters. The molecule has 7 nitrogen and oxygen atoms in total. The average molecular weight is 505 g/mol. The Kier molecular flexibility index (Phi) is 9.44. The van der Waals surface area contributed by atoms with Crippen molar-refractivity contribution in [1.82, 2.24) is 20.6 Å². The van der Waals surface area contributed by atoms with E-state index in [0.717, 1.165) is 42.9 Å². The Morgan fingerprint density at radius 2 is 1.86 bits per heavy atom. The summed E-state index contributed by atoms with van der Waals surface area (Å²) in [5.41, 5.74) is 3.74. The number of nitrogens with zero attached hydrogens (tertiary/aromatic N) is 1. The van der Waals surface area contributed by atoms with E-state index < -0.39 is 12.2 Å². The normalized spacial score (nSPS) is 16.6. The highest BCUT2D eigenvalue weighted by atomic mass is 19.1. The second-order valence-electron chi connectivity index (χ2n) is 9.40. The second kappa shape index (κ2) is 13.2. The summed E-state index contributed by atoms with van der Waals surface area (Å²) in [5, 5.41) is 16.8. The van der Waals surface area contributed by atoms with Crippen molar-refractivity contribution in [1.29, 1.82) is 0 Å². The first kappa shape index (κ1) is 26.6. The molecule has 2 aromatic carbocycles. The van der Waals surface area contributed by atoms with Gasteiger partial charge in [0, 0.05) is 55.2 Å². The van der Waals surface area contributed by atoms with Crippen molar-refractivity contribution in [2.45, 2.75) is 44.3 Å². The lowest BCUT2D eigenvalue weighted by Gasteiger charge is -2.20. The van der Waals surface area contributed by atoms with Gasteiger partial charge in [0.2, 0.25) is 5.75 Å². The summed E-state index contributed by atoms with van der Waals surface area (Å²) in [6.45, 7) is 4.18. The van der Waals surface area contributed by atoms with E-state index in [4.69, 9.17) is 4.74 Å². The second-order valence-corrected chi connectivity index (χ2v) is 9.40. The van der Waals surface area contributed by atoms with E-state index in [1.165, 1.54) is 11.9 Å². The van der Waals surface area contributed by atoms with Crippen LogP contribution >= 0.6 is 0 Å². The van der Waals surface area contributed by atoms with Crippen molar-refractivity contribution in [3.63, 3.8) is 0 Å². The number of H-pyrrole nitrogens is 1. The molecule has 0 aliphatic carbocycles. The molecule has 1 saturated heterocycles. The van der Waals surface area contributed by atoms with Crippen LogP contribution in [0.4, 0.5) is 4.39 Å². The van der Waals surface area contributed by atoms with Gasteiger partial charge in [0.15, 0.2) is 0 Å². The van der Waals surface area contributed by atoms with Gasteiger partial charge in [0.05, 0.1) is 18.6 Å². The van der Waals surface area contributed by atoms with Crippen LogP contribution in [-0.4, -0.2) is 53.6 Å². The van der Waals surface area contributed by atoms with Gasteiger partial charge in [-0.3, -0.25) is 4.79 Å². The minimum atomic E-state index is -0.577. The number of alkyl halides is 1. The van der Waals surface area contributed by atoms with E-state index in [1.807, 2.05) is 36.4 Å². The predicted octanol–water partition coefficient (Wildman–Crippen LogP) is 3.03. The Balaban J connectivity index is 1.41. The average Bonchev–Trinajstić information content (AvgIpc) is 3.45. The van der Waals surface area contributed by atoms with Crippen LogP contribution in [0.25, 0.3) is 0 Å². The van der Waals surface area contributed by atoms with Crippen molar-refractivity contribution in [3.8, 4) is 17.6 Å². The van der Waals surface area contributed by atoms with Gasteiger partial charge in [-0.2, -0.15) is 0 Å². The van der Waals surface area contributed by atoms with Gasteiger partial charge in [0.25, 0.3) is 5.56 Å². The van der Waals surface area contributed by atoms with Crippen molar-refractivity contribution in [3.05, 3.63) is 93.2 Å². The van der Waals surface area contributed by atoms with Crippen LogP contribution in [0.5, 0.6) is 5.75 Å². The van der Waals surface area contributed by atoms with Crippen LogP contribution < -0.4 is 16.2 Å². The van der Waals surface area contributed by atoms with Gasteiger partial charge in [0.1, 0.15) is 6.67 Å². The molecule has 8 heteroatoms. The standard InChI is InChI=1S/C29H33FN4O3/c1-20(15-30)31-17-25(14-27-28(35)29(36)34-19-33-27)24-10-8-22(9-11-24)3-2-21-4-6-23(7-5-21)16-32-26-12-13-37-18-26/h4-11,19-20,25-26,31-32,35H,12-18H2,1H3,(H,33,34,36)/t20?,25?,26-/m1/s1. The molecular weight excluding hydrogens is 471 g/mol. The monoisotopic (exact) mass is 504 g/mol. The SMILES string of the molecule is CC(CF)NCC(Cc1nc[nH]c(=O)c1O)c1ccc(C#Cc2ccc(CN[C@@H]3CCOC3)cc2)cc1. The Hall–Kier alpha value is -3.51. The summed E-state index contributed by atoms with van der Waals surface area (Å²) >= 11 is 0. The smallest absolute Gasteiger partial charge is 0.293 e. The fraction of sp³-hybridized carbons (Fsp3) is 0.379. The van der Waals surface area contributed by atoms with E-state index in [-0.39, 0.29) is 17.7 Å². The highest BCUT2D eigenvalue weighted by Crippen LogP contribution is 2.23. The van der Waals surface area contributed by atoms with Gasteiger partial charge < -0.3 is 25.5 Å². The first-order valence-corrected chi connectivity index (χ1v) is 12.6. The summed E-state index contributed by atoms with van der Waals surface area (Å²) < 4.78 is 18.4. The number of aromatic amines is 1. The minimum absolute atomic E-state index is 0.117. The Labute approximate surface area is 216 Å². The van der Waals surface area contributed by atoms with Crippen LogP contribution in [-0.2, 0) is 17.7 Å². The number of ether oxygens (including phenoxy) is 1. The first-order valence-electron chi connectivity index (χ1n) is 12.6. The molecule has 4 N–H and O–H groups in total. The van der Waals surface area contributed by atoms with Gasteiger partial charge in [-0.05, 0) is 48.7 Å². The van der Waals surface area contributed by atoms with E-state index in [1.54, 1.807) is 6.92 Å². The number of aromatic hydroxyl groups is 1. The van der Waals surface area contributed by atoms with Crippen LogP contribution in [0.3, 0.4) is 0 Å². The number of rotatable bonds is 10. The molecule has 1 aromatic heterocycles. The molecule has 0 radical (unpaired) electrons. The number of aromatic nitrogens is 2. The van der Waals surface area contributed by atoms with Gasteiger partial charge in [-0.25, -0.2) is 9.37 Å². The van der Waals surface area contributed by atoms with E-state index >= 15 is 0 Å². The van der Waals surface area contributed by atoms with Crippen molar-refractivity contribution in [2.75, 3.05) is 26.4 Å². The van der Waals surface area contributed by atoms with Crippen molar-refractivity contribution in [2.24, 2.45) is 0 Å². The van der Waals surface area contributed by atoms with Crippen LogP contribution in [0.1, 0.15) is 47.2 Å². The maximum atomic E-state index is 13.0. The summed E-state index contributed by atoms with van der Waals surface area (Å²) in [5.74, 6) is 5.91. The molecule has 0 amide bonds. The third kappa shape index (κ3) is 7.73. The van der Waals surface area contributed by atoms with Crippen molar-refractivity contribution >= 4 is 0 Å². The molecular formula is C29H33FN4O3. The van der Waals surface area contributed by atoms with E-state index in [2.05, 4.69) is 44.6 Å². The molecule has 2 unspecified atom stereocenters. The molecule has 3 aromatic rings. The summed E-state index contributed by atoms with van der Waals surface area (Å²) in [7, 11) is 0. The Bertz CT molecular complexity index is 1260. The molecule has 1 aliphatic heterocycles. The third-order valence-electron chi connectivity index (χ3n) is 6.50. The first-order chi connectivity index (χ1) is 18.0. The molecule has 0 saturated carbocycles. The number of halogens is 1. The Morgan fingerprint density at radius 1 is 1.16 bits per heavy atom. The number of hydrogen-bond donors (Lipinski definition) is 4. The maximum Gasteiger partial charge on any atom is 0.293 e. The number of nitrogens with one attached hydrogen (secondary N) is 3. The zero-order chi connectivity index (χ0) is 26.0. The molecule has 194 valence electrons. The maximum absolute atomic E-state index is 13.0. The Morgan fingerprint density at radius 3 is 2.51 bits per heavy atom. The molecule has 4 rings (SSSR count). The summed E-state index contributed by atoms with van der Waals surface area (Å²) in [4.78, 5) is 18.3. The largest absolute Gasteiger partial charge is 0.502 e. The molecule has 2 heterocycles. The summed E-state index contributed by atoms with van der Waals surface area (Å²) in [6, 6.07) is 16.2. The molecule has 0 spiro atoms. The van der Waals surface area contributed by atoms with Crippen LogP contribution in [0.2, 0.25) is 0 Å². The van der Waals surface area contributed by atoms with Crippen molar-refractivity contribution < 1.29 is 14.2 Å². The van der Waals surface area contributed by atoms with E-state index in [0.29, 0.717) is 24.7 Å². The fourth-order valence-corrected chi connectivity index (χ4v) is 4.16. The highest BCUT2D eigenvalue weighted by Gasteiger charge is 2.18. The van der Waals surface area contributed by atoms with Gasteiger partial charge in [-0.1, -0.05) is 36.1 Å². The lowest BCUT2D eigenvalue weighted by Crippen LogP contribution is -2.32. The third-order valence-corrected chi connectivity index (χ3v) is 6.50. The topological polar surface area (TPSA) is 99.3 Å². The molecule has 37 heavy (non-hydrogen) atoms. The van der Waals surface area contributed by atoms with E-state index in [9.17, 15) is 14.3 Å². The molecule has 1 aliphatic rings. The molecule has 0 bridgehead atoms. The lowest BCUT2D eigenvalue weighted by molar-refractivity contribution is 0.190. The van der Waals surface area contributed by atoms with Crippen LogP contribution in [0, 0.1) is 11.8 Å². The van der Waals surface area contributed by atoms with Crippen LogP contribution in [0.15, 0.2) is 59.7 Å². The zero-order valence-corrected chi connectivity index (χ0v) is 21.0. The predicted molar refractivity (Wildman–Crippen MR) is 141 cm³/mol.